The molecule has 1 rings (SSSR count). The Morgan fingerprint density at radius 2 is 2.06 bits per heavy atom. The largest absolute Gasteiger partial charge is 0.370 e. The molecule has 6 heteroatoms. The second-order valence-corrected chi connectivity index (χ2v) is 3.88. The van der Waals surface area contributed by atoms with Gasteiger partial charge in [0.05, 0.1) is 0 Å². The van der Waals surface area contributed by atoms with E-state index in [1.54, 1.807) is 0 Å². The van der Waals surface area contributed by atoms with Crippen molar-refractivity contribution in [2.75, 3.05) is 0 Å². The van der Waals surface area contributed by atoms with Crippen molar-refractivity contribution in [3.63, 3.8) is 0 Å². The highest BCUT2D eigenvalue weighted by molar-refractivity contribution is 6.31. The van der Waals surface area contributed by atoms with Gasteiger partial charge in [-0.05, 0) is 13.0 Å². The van der Waals surface area contributed by atoms with Crippen molar-refractivity contribution in [1.82, 2.24) is 0 Å². The van der Waals surface area contributed by atoms with Gasteiger partial charge in [-0.1, -0.05) is 11.6 Å². The van der Waals surface area contributed by atoms with Gasteiger partial charge in [0, 0.05) is 28.6 Å². The van der Waals surface area contributed by atoms with Crippen molar-refractivity contribution in [1.29, 1.82) is 0 Å². The van der Waals surface area contributed by atoms with Crippen molar-refractivity contribution >= 4 is 17.5 Å². The molecule has 0 saturated heterocycles. The molecule has 0 fully saturated rings. The standard InChI is InChI=1S/C10H11ClF2N2O/c1-4-6(11)2-5(10(13)9(4)12)7(14)3-8(15)16/h2,7H,3,14H2,1H3,(H2,15,16). The van der Waals surface area contributed by atoms with Gasteiger partial charge in [-0.15, -0.1) is 0 Å². The quantitative estimate of drug-likeness (QED) is 0.801. The van der Waals surface area contributed by atoms with E-state index in [2.05, 4.69) is 0 Å². The number of halogens is 3. The molecule has 1 atom stereocenters. The first-order chi connectivity index (χ1) is 7.34. The lowest BCUT2D eigenvalue weighted by Crippen LogP contribution is -2.22. The second-order valence-electron chi connectivity index (χ2n) is 3.48. The van der Waals surface area contributed by atoms with Crippen molar-refractivity contribution in [2.45, 2.75) is 19.4 Å². The van der Waals surface area contributed by atoms with Gasteiger partial charge >= 0.3 is 0 Å². The predicted molar refractivity (Wildman–Crippen MR) is 56.8 cm³/mol. The first-order valence-corrected chi connectivity index (χ1v) is 4.90. The van der Waals surface area contributed by atoms with Crippen LogP contribution < -0.4 is 11.5 Å². The van der Waals surface area contributed by atoms with Gasteiger partial charge in [-0.3, -0.25) is 4.79 Å². The molecule has 3 nitrogen and oxygen atoms in total. The van der Waals surface area contributed by atoms with Crippen LogP contribution in [0.4, 0.5) is 8.78 Å². The zero-order valence-electron chi connectivity index (χ0n) is 8.56. The molecule has 16 heavy (non-hydrogen) atoms. The summed E-state index contributed by atoms with van der Waals surface area (Å²) in [6.45, 7) is 1.35. The van der Waals surface area contributed by atoms with E-state index in [9.17, 15) is 13.6 Å². The zero-order chi connectivity index (χ0) is 12.5. The molecule has 88 valence electrons. The Morgan fingerprint density at radius 3 is 2.56 bits per heavy atom. The fourth-order valence-corrected chi connectivity index (χ4v) is 1.50. The van der Waals surface area contributed by atoms with Crippen LogP contribution in [0.1, 0.15) is 23.6 Å². The van der Waals surface area contributed by atoms with Crippen molar-refractivity contribution in [3.8, 4) is 0 Å². The maximum atomic E-state index is 13.5. The summed E-state index contributed by atoms with van der Waals surface area (Å²) in [6.07, 6.45) is -0.268. The summed E-state index contributed by atoms with van der Waals surface area (Å²) >= 11 is 5.69. The smallest absolute Gasteiger partial charge is 0.219 e. The minimum absolute atomic E-state index is 0.00851. The van der Waals surface area contributed by atoms with Gasteiger partial charge in [0.15, 0.2) is 11.6 Å². The second kappa shape index (κ2) is 4.76. The molecule has 0 aliphatic carbocycles. The summed E-state index contributed by atoms with van der Waals surface area (Å²) in [7, 11) is 0. The fraction of sp³-hybridized carbons (Fsp3) is 0.300. The summed E-state index contributed by atoms with van der Waals surface area (Å²) in [6, 6.07) is 0.216. The Morgan fingerprint density at radius 1 is 1.50 bits per heavy atom. The van der Waals surface area contributed by atoms with Gasteiger partial charge in [0.2, 0.25) is 5.91 Å². The third kappa shape index (κ3) is 2.48. The molecule has 0 aliphatic heterocycles. The van der Waals surface area contributed by atoms with Crippen LogP contribution in [-0.4, -0.2) is 5.91 Å². The monoisotopic (exact) mass is 248 g/mol. The van der Waals surface area contributed by atoms with Crippen LogP contribution in [0.15, 0.2) is 6.07 Å². The fourth-order valence-electron chi connectivity index (χ4n) is 1.30. The average molecular weight is 249 g/mol. The molecule has 0 heterocycles. The van der Waals surface area contributed by atoms with Crippen LogP contribution in [0.25, 0.3) is 0 Å². The maximum Gasteiger partial charge on any atom is 0.219 e. The first-order valence-electron chi connectivity index (χ1n) is 4.52. The Bertz CT molecular complexity index is 437. The zero-order valence-corrected chi connectivity index (χ0v) is 9.31. The highest BCUT2D eigenvalue weighted by atomic mass is 35.5. The predicted octanol–water partition coefficient (Wildman–Crippen LogP) is 1.80. The Labute approximate surface area is 96.4 Å². The maximum absolute atomic E-state index is 13.5. The number of benzene rings is 1. The van der Waals surface area contributed by atoms with Gasteiger partial charge in [0.1, 0.15) is 0 Å². The normalized spacial score (nSPS) is 12.6. The number of primary amides is 1. The third-order valence-corrected chi connectivity index (χ3v) is 2.63. The van der Waals surface area contributed by atoms with E-state index in [0.717, 1.165) is 0 Å². The minimum atomic E-state index is -1.09. The molecule has 0 saturated carbocycles. The molecule has 4 N–H and O–H groups in total. The molecule has 1 unspecified atom stereocenters. The number of amides is 1. The van der Waals surface area contributed by atoms with Gasteiger partial charge in [-0.2, -0.15) is 0 Å². The summed E-state index contributed by atoms with van der Waals surface area (Å²) < 4.78 is 26.8. The highest BCUT2D eigenvalue weighted by Gasteiger charge is 2.20. The van der Waals surface area contributed by atoms with Gasteiger partial charge < -0.3 is 11.5 Å². The van der Waals surface area contributed by atoms with E-state index in [4.69, 9.17) is 23.1 Å². The van der Waals surface area contributed by atoms with E-state index in [-0.39, 0.29) is 22.6 Å². The van der Waals surface area contributed by atoms with E-state index in [1.807, 2.05) is 0 Å². The van der Waals surface area contributed by atoms with E-state index in [0.29, 0.717) is 0 Å². The molecule has 1 aromatic rings. The van der Waals surface area contributed by atoms with Crippen molar-refractivity contribution in [3.05, 3.63) is 33.9 Å². The topological polar surface area (TPSA) is 69.1 Å². The van der Waals surface area contributed by atoms with Crippen LogP contribution in [0, 0.1) is 18.6 Å². The average Bonchev–Trinajstić information content (AvgIpc) is 2.19. The molecule has 0 bridgehead atoms. The summed E-state index contributed by atoms with van der Waals surface area (Å²) in [5.74, 6) is -2.83. The van der Waals surface area contributed by atoms with Gasteiger partial charge in [0.25, 0.3) is 0 Å². The lowest BCUT2D eigenvalue weighted by atomic mass is 10.0. The molecule has 0 aromatic heterocycles. The molecule has 1 aromatic carbocycles. The number of nitrogens with two attached hydrogens (primary N) is 2. The number of rotatable bonds is 3. The number of carbonyl (C=O) groups excluding carboxylic acids is 1. The highest BCUT2D eigenvalue weighted by Crippen LogP contribution is 2.28. The van der Waals surface area contributed by atoms with Crippen LogP contribution >= 0.6 is 11.6 Å². The van der Waals surface area contributed by atoms with Crippen molar-refractivity contribution in [2.24, 2.45) is 11.5 Å². The van der Waals surface area contributed by atoms with E-state index >= 15 is 0 Å². The summed E-state index contributed by atoms with van der Waals surface area (Å²) in [5.41, 5.74) is 10.3. The summed E-state index contributed by atoms with van der Waals surface area (Å²) in [4.78, 5) is 10.6. The van der Waals surface area contributed by atoms with Crippen LogP contribution in [0.5, 0.6) is 0 Å². The lowest BCUT2D eigenvalue weighted by molar-refractivity contribution is -0.118. The lowest BCUT2D eigenvalue weighted by Gasteiger charge is -2.13. The van der Waals surface area contributed by atoms with Gasteiger partial charge in [-0.25, -0.2) is 8.78 Å². The van der Waals surface area contributed by atoms with E-state index in [1.165, 1.54) is 13.0 Å². The number of carbonyl (C=O) groups is 1. The Balaban J connectivity index is 3.19. The van der Waals surface area contributed by atoms with E-state index < -0.39 is 23.6 Å². The van der Waals surface area contributed by atoms with Crippen LogP contribution in [0.2, 0.25) is 5.02 Å². The number of hydrogen-bond acceptors (Lipinski definition) is 2. The van der Waals surface area contributed by atoms with Crippen molar-refractivity contribution < 1.29 is 13.6 Å². The molecule has 0 spiro atoms. The molecular formula is C10H11ClF2N2O. The number of hydrogen-bond donors (Lipinski definition) is 2. The molecule has 0 aliphatic rings. The Hall–Kier alpha value is -1.20. The molecule has 1 amide bonds. The molecular weight excluding hydrogens is 238 g/mol. The minimum Gasteiger partial charge on any atom is -0.370 e. The summed E-state index contributed by atoms with van der Waals surface area (Å²) in [5, 5.41) is 0.0637. The SMILES string of the molecule is Cc1c(Cl)cc(C(N)CC(N)=O)c(F)c1F. The third-order valence-electron chi connectivity index (χ3n) is 2.24. The molecule has 0 radical (unpaired) electrons. The van der Waals surface area contributed by atoms with Crippen LogP contribution in [0.3, 0.4) is 0 Å². The first kappa shape index (κ1) is 12.9. The Kier molecular flexibility index (Phi) is 3.83. The van der Waals surface area contributed by atoms with Crippen LogP contribution in [-0.2, 0) is 4.79 Å².